The predicted octanol–water partition coefficient (Wildman–Crippen LogP) is 0.545. The minimum absolute atomic E-state index is 0.0845. The number of ether oxygens (including phenoxy) is 7. The van der Waals surface area contributed by atoms with Gasteiger partial charge in [0.2, 0.25) is 0 Å². The number of carbonyl (C=O) groups excluding carboxylic acids is 1. The van der Waals surface area contributed by atoms with Crippen LogP contribution in [0.1, 0.15) is 113 Å². The molecule has 10 N–H and O–H groups in total. The molecule has 4 aliphatic carbocycles. The molecule has 66 heavy (non-hydrogen) atoms. The van der Waals surface area contributed by atoms with E-state index >= 15 is 0 Å². The lowest BCUT2D eigenvalue weighted by molar-refractivity contribution is -0.398. The molecular weight excluding hydrogens is 865 g/mol. The average Bonchev–Trinajstić information content (AvgIpc) is 3.76. The van der Waals surface area contributed by atoms with E-state index in [1.54, 1.807) is 0 Å². The van der Waals surface area contributed by atoms with Crippen LogP contribution >= 0.6 is 0 Å². The van der Waals surface area contributed by atoms with E-state index in [-0.39, 0.29) is 40.4 Å². The first-order valence-corrected chi connectivity index (χ1v) is 24.4. The summed E-state index contributed by atoms with van der Waals surface area (Å²) in [6.07, 6.45) is -15.7. The standard InChI is InChI=1S/C48H78O18/c1-21(2)17-23-18-48(59,43(58)61-23)25-11-15-46(7)24(25)9-10-29-45(6)14-13-30(44(4,5)28(45)12-16-47(29,46)8)64-42-39(66-40-36(56)34(54)31(51)22(3)60-40)38(33(53)27(20-50)63-42)65-41-37(57)35(55)32(52)26(19-49)62-41/h17,22-42,49-57,59H,9-16,18-20H2,1-8H3/t22-,23+,24+,25-,26+,27+,28-,29+,30-,31-,32+,33+,34+,35-,36+,37+,38-,39+,40-,41-,42-,45-,46+,47+,48-/m0/s1. The minimum atomic E-state index is -1.87. The maximum absolute atomic E-state index is 13.5. The van der Waals surface area contributed by atoms with Crippen molar-refractivity contribution in [1.29, 1.82) is 0 Å². The Hall–Kier alpha value is -1.43. The van der Waals surface area contributed by atoms with Gasteiger partial charge in [-0.1, -0.05) is 40.2 Å². The molecule has 18 nitrogen and oxygen atoms in total. The number of allylic oxidation sites excluding steroid dienone is 1. The Morgan fingerprint density at radius 1 is 0.636 bits per heavy atom. The molecule has 18 heteroatoms. The van der Waals surface area contributed by atoms with Gasteiger partial charge < -0.3 is 84.2 Å². The monoisotopic (exact) mass is 943 g/mol. The number of carbonyl (C=O) groups is 1. The molecule has 0 spiro atoms. The first kappa shape index (κ1) is 50.9. The lowest BCUT2D eigenvalue weighted by Crippen LogP contribution is -2.68. The fourth-order valence-electron chi connectivity index (χ4n) is 15.2. The molecule has 8 aliphatic rings. The Balaban J connectivity index is 1.05. The van der Waals surface area contributed by atoms with Crippen molar-refractivity contribution in [1.82, 2.24) is 0 Å². The highest BCUT2D eigenvalue weighted by atomic mass is 16.8. The van der Waals surface area contributed by atoms with Gasteiger partial charge in [0, 0.05) is 12.3 Å². The normalized spacial score (nSPS) is 54.8. The Morgan fingerprint density at radius 2 is 1.23 bits per heavy atom. The van der Waals surface area contributed by atoms with Crippen LogP contribution in [0.4, 0.5) is 0 Å². The molecule has 0 amide bonds. The molecule has 25 atom stereocenters. The van der Waals surface area contributed by atoms with Gasteiger partial charge in [0.1, 0.15) is 73.2 Å². The summed E-state index contributed by atoms with van der Waals surface area (Å²) in [5, 5.41) is 109. The van der Waals surface area contributed by atoms with Gasteiger partial charge in [-0.25, -0.2) is 4.79 Å². The van der Waals surface area contributed by atoms with E-state index in [1.807, 2.05) is 19.9 Å². The van der Waals surface area contributed by atoms with Crippen LogP contribution in [0.5, 0.6) is 0 Å². The SMILES string of the molecule is CC(C)=C[C@@H]1C[C@](O)([C@H]2CC[C@]3(C)[C@@H]2CC[C@@H]2[C@@]4(C)CC[C@H](O[C@@H]5O[C@H](CO)[C@@H](O)[C@H](O[C@@H]6O[C@H](CO)[C@@H](O)[C@H](O)[C@H]6O)[C@H]5O[C@@H]5O[C@@H](C)[C@H](O)[C@@H](O)[C@H]5O)C(C)(C)[C@@H]4CC[C@]23C)C(=O)O1. The maximum Gasteiger partial charge on any atom is 0.339 e. The second kappa shape index (κ2) is 18.3. The second-order valence-corrected chi connectivity index (χ2v) is 22.9. The molecule has 4 saturated carbocycles. The molecule has 378 valence electrons. The molecule has 4 saturated heterocycles. The molecule has 0 bridgehead atoms. The van der Waals surface area contributed by atoms with Gasteiger partial charge >= 0.3 is 5.97 Å². The first-order chi connectivity index (χ1) is 30.9. The van der Waals surface area contributed by atoms with Crippen LogP contribution in [0.3, 0.4) is 0 Å². The van der Waals surface area contributed by atoms with Crippen LogP contribution < -0.4 is 0 Å². The maximum atomic E-state index is 13.5. The van der Waals surface area contributed by atoms with Crippen molar-refractivity contribution in [3.05, 3.63) is 11.6 Å². The van der Waals surface area contributed by atoms with Crippen LogP contribution in [0, 0.1) is 45.3 Å². The summed E-state index contributed by atoms with van der Waals surface area (Å²) in [5.41, 5.74) is -1.32. The third kappa shape index (κ3) is 8.06. The van der Waals surface area contributed by atoms with E-state index in [4.69, 9.17) is 33.2 Å². The Labute approximate surface area is 387 Å². The molecule has 4 aliphatic heterocycles. The molecule has 0 radical (unpaired) electrons. The summed E-state index contributed by atoms with van der Waals surface area (Å²) in [6, 6.07) is 0. The molecule has 0 aromatic carbocycles. The fraction of sp³-hybridized carbons (Fsp3) is 0.938. The van der Waals surface area contributed by atoms with Gasteiger partial charge in [-0.15, -0.1) is 0 Å². The Bertz CT molecular complexity index is 1780. The second-order valence-electron chi connectivity index (χ2n) is 22.9. The van der Waals surface area contributed by atoms with E-state index in [9.17, 15) is 55.9 Å². The van der Waals surface area contributed by atoms with Crippen molar-refractivity contribution in [3.8, 4) is 0 Å². The van der Waals surface area contributed by atoms with E-state index in [2.05, 4.69) is 34.6 Å². The molecule has 4 heterocycles. The van der Waals surface area contributed by atoms with Gasteiger partial charge in [0.15, 0.2) is 24.5 Å². The summed E-state index contributed by atoms with van der Waals surface area (Å²) in [7, 11) is 0. The van der Waals surface area contributed by atoms with Crippen LogP contribution in [0.15, 0.2) is 11.6 Å². The van der Waals surface area contributed by atoms with Gasteiger partial charge in [0.05, 0.1) is 25.4 Å². The molecule has 0 aromatic heterocycles. The average molecular weight is 943 g/mol. The lowest BCUT2D eigenvalue weighted by Gasteiger charge is -2.70. The summed E-state index contributed by atoms with van der Waals surface area (Å²) in [5.74, 6) is -0.0545. The summed E-state index contributed by atoms with van der Waals surface area (Å²) < 4.78 is 43.0. The topological polar surface area (TPSA) is 284 Å². The number of cyclic esters (lactones) is 1. The van der Waals surface area contributed by atoms with Gasteiger partial charge in [-0.05, 0) is 118 Å². The van der Waals surface area contributed by atoms with Crippen LogP contribution in [-0.2, 0) is 38.0 Å². The number of fused-ring (bicyclic) bond motifs is 5. The summed E-state index contributed by atoms with van der Waals surface area (Å²) in [4.78, 5) is 13.5. The zero-order valence-corrected chi connectivity index (χ0v) is 39.7. The van der Waals surface area contributed by atoms with Crippen molar-refractivity contribution in [2.24, 2.45) is 45.3 Å². The van der Waals surface area contributed by atoms with Gasteiger partial charge in [-0.2, -0.15) is 0 Å². The summed E-state index contributed by atoms with van der Waals surface area (Å²) >= 11 is 0. The van der Waals surface area contributed by atoms with Crippen molar-refractivity contribution in [3.63, 3.8) is 0 Å². The number of aliphatic hydroxyl groups excluding tert-OH is 9. The molecule has 8 rings (SSSR count). The highest BCUT2D eigenvalue weighted by Gasteiger charge is 2.71. The fourth-order valence-corrected chi connectivity index (χ4v) is 15.2. The van der Waals surface area contributed by atoms with E-state index in [0.717, 1.165) is 50.5 Å². The van der Waals surface area contributed by atoms with Crippen LogP contribution in [-0.4, -0.2) is 180 Å². The molecular formula is C48H78O18. The third-order valence-corrected chi connectivity index (χ3v) is 18.9. The van der Waals surface area contributed by atoms with Crippen molar-refractivity contribution >= 4 is 5.97 Å². The first-order valence-electron chi connectivity index (χ1n) is 24.4. The van der Waals surface area contributed by atoms with Crippen LogP contribution in [0.2, 0.25) is 0 Å². The van der Waals surface area contributed by atoms with E-state index in [0.29, 0.717) is 12.3 Å². The Morgan fingerprint density at radius 3 is 1.88 bits per heavy atom. The molecule has 8 fully saturated rings. The number of hydrogen-bond donors (Lipinski definition) is 10. The number of rotatable bonds is 10. The highest BCUT2D eigenvalue weighted by molar-refractivity contribution is 5.82. The predicted molar refractivity (Wildman–Crippen MR) is 230 cm³/mol. The Kier molecular flexibility index (Phi) is 14.1. The molecule has 0 aromatic rings. The zero-order valence-electron chi connectivity index (χ0n) is 39.7. The van der Waals surface area contributed by atoms with Crippen molar-refractivity contribution < 1.29 is 89.0 Å². The third-order valence-electron chi connectivity index (χ3n) is 18.9. The van der Waals surface area contributed by atoms with Gasteiger partial charge in [-0.3, -0.25) is 0 Å². The smallest absolute Gasteiger partial charge is 0.339 e. The highest BCUT2D eigenvalue weighted by Crippen LogP contribution is 2.76. The quantitative estimate of drug-likeness (QED) is 0.0813. The minimum Gasteiger partial charge on any atom is -0.456 e. The zero-order chi connectivity index (χ0) is 48.2. The number of aliphatic hydroxyl groups is 10. The number of esters is 1. The largest absolute Gasteiger partial charge is 0.456 e. The van der Waals surface area contributed by atoms with Crippen molar-refractivity contribution in [2.45, 2.75) is 223 Å². The van der Waals surface area contributed by atoms with Crippen molar-refractivity contribution in [2.75, 3.05) is 13.2 Å². The van der Waals surface area contributed by atoms with E-state index in [1.165, 1.54) is 6.92 Å². The molecule has 0 unspecified atom stereocenters. The van der Waals surface area contributed by atoms with Crippen LogP contribution in [0.25, 0.3) is 0 Å². The number of hydrogen-bond acceptors (Lipinski definition) is 18. The van der Waals surface area contributed by atoms with E-state index < -0.39 is 135 Å². The summed E-state index contributed by atoms with van der Waals surface area (Å²) in [6.45, 7) is 15.6. The lowest BCUT2D eigenvalue weighted by atomic mass is 9.35. The van der Waals surface area contributed by atoms with Gasteiger partial charge in [0.25, 0.3) is 0 Å².